The molecule has 5 aliphatic rings. The number of nitrogens with zero attached hydrogens (tertiary/aromatic N) is 1. The molecule has 2 fully saturated rings. The minimum Gasteiger partial charge on any atom is -0.507 e. The maximum absolute atomic E-state index is 13.9. The van der Waals surface area contributed by atoms with Crippen molar-refractivity contribution < 1.29 is 33.7 Å². The number of allylic oxidation sites excluding steroid dienone is 1. The van der Waals surface area contributed by atoms with E-state index in [1.165, 1.54) is 6.07 Å². The van der Waals surface area contributed by atoms with Gasteiger partial charge in [-0.05, 0) is 59.0 Å². The second-order valence-electron chi connectivity index (χ2n) is 10.8. The minimum atomic E-state index is -1.40. The molecule has 1 saturated heterocycles. The zero-order valence-electron chi connectivity index (χ0n) is 20.7. The molecule has 0 amide bonds. The second kappa shape index (κ2) is 7.77. The Morgan fingerprint density at radius 1 is 1.29 bits per heavy atom. The van der Waals surface area contributed by atoms with E-state index in [2.05, 4.69) is 0 Å². The summed E-state index contributed by atoms with van der Waals surface area (Å²) in [5.74, 6) is -1.35. The number of ketones is 2. The fourth-order valence-electron chi connectivity index (χ4n) is 6.35. The summed E-state index contributed by atoms with van der Waals surface area (Å²) in [7, 11) is 3.58. The van der Waals surface area contributed by atoms with Crippen molar-refractivity contribution >= 4 is 17.5 Å². The van der Waals surface area contributed by atoms with Gasteiger partial charge in [0.25, 0.3) is 0 Å². The molecule has 4 atom stereocenters. The van der Waals surface area contributed by atoms with Gasteiger partial charge >= 0.3 is 5.97 Å². The summed E-state index contributed by atoms with van der Waals surface area (Å²) in [5, 5.41) is 10.4. The number of phenolic OH excluding ortho intramolecular Hbond substituents is 1. The molecule has 0 aromatic heterocycles. The predicted octanol–water partition coefficient (Wildman–Crippen LogP) is 2.84. The number of phenols is 1. The van der Waals surface area contributed by atoms with Gasteiger partial charge in [-0.15, -0.1) is 0 Å². The second-order valence-corrected chi connectivity index (χ2v) is 10.8. The lowest BCUT2D eigenvalue weighted by atomic mass is 9.51. The molecule has 3 aliphatic carbocycles. The lowest BCUT2D eigenvalue weighted by molar-refractivity contribution is -0.171. The number of Topliss-reactive ketones (excluding diaryl/α,β-unsaturated/α-hetero) is 2. The molecule has 1 saturated carbocycles. The zero-order valence-corrected chi connectivity index (χ0v) is 20.7. The first-order valence-corrected chi connectivity index (χ1v) is 11.9. The van der Waals surface area contributed by atoms with Gasteiger partial charge in [-0.2, -0.15) is 0 Å². The average Bonchev–Trinajstić information content (AvgIpc) is 2.93. The molecule has 2 heterocycles. The maximum atomic E-state index is 13.9. The van der Waals surface area contributed by atoms with Gasteiger partial charge in [-0.1, -0.05) is 18.2 Å². The summed E-state index contributed by atoms with van der Waals surface area (Å²) in [6, 6.07) is 4.73. The Labute approximate surface area is 204 Å². The predicted molar refractivity (Wildman–Crippen MR) is 126 cm³/mol. The molecule has 1 aromatic carbocycles. The third kappa shape index (κ3) is 3.23. The van der Waals surface area contributed by atoms with Gasteiger partial charge < -0.3 is 19.3 Å². The fourth-order valence-corrected chi connectivity index (χ4v) is 6.35. The Kier molecular flexibility index (Phi) is 5.27. The molecule has 8 heteroatoms. The number of ether oxygens (including phenoxy) is 3. The van der Waals surface area contributed by atoms with Crippen LogP contribution in [0.2, 0.25) is 0 Å². The van der Waals surface area contributed by atoms with Crippen molar-refractivity contribution in [3.05, 3.63) is 47.1 Å². The van der Waals surface area contributed by atoms with E-state index in [-0.39, 0.29) is 60.1 Å². The molecule has 1 aromatic rings. The minimum absolute atomic E-state index is 0.0966. The first-order chi connectivity index (χ1) is 16.4. The molecule has 186 valence electrons. The summed E-state index contributed by atoms with van der Waals surface area (Å²) in [5.41, 5.74) is -2.14. The maximum Gasteiger partial charge on any atom is 0.320 e. The molecule has 1 spiro atoms. The van der Waals surface area contributed by atoms with Crippen LogP contribution in [0, 0.1) is 11.8 Å². The highest BCUT2D eigenvalue weighted by atomic mass is 16.6. The van der Waals surface area contributed by atoms with Crippen molar-refractivity contribution in [2.75, 3.05) is 27.2 Å². The number of hydrogen-bond acceptors (Lipinski definition) is 8. The van der Waals surface area contributed by atoms with E-state index in [1.807, 2.05) is 26.8 Å². The van der Waals surface area contributed by atoms with E-state index in [4.69, 9.17) is 14.2 Å². The molecule has 2 aliphatic heterocycles. The SMILES string of the molecule is C/C(=C/C[C@@]12OC(C)(C)[C@@H]3C[C@@H](C=C4C(=O)c5c(O)cccc5O[C@]431)C2=O)COC(=O)CN(C)C. The Bertz CT molecular complexity index is 1200. The number of esters is 1. The highest BCUT2D eigenvalue weighted by Gasteiger charge is 2.81. The molecule has 35 heavy (non-hydrogen) atoms. The van der Waals surface area contributed by atoms with Gasteiger partial charge in [-0.25, -0.2) is 0 Å². The normalized spacial score (nSPS) is 32.2. The van der Waals surface area contributed by atoms with Crippen LogP contribution in [-0.4, -0.2) is 71.6 Å². The van der Waals surface area contributed by atoms with E-state index >= 15 is 0 Å². The van der Waals surface area contributed by atoms with Crippen molar-refractivity contribution in [1.82, 2.24) is 4.90 Å². The van der Waals surface area contributed by atoms with Crippen LogP contribution in [0.1, 0.15) is 44.0 Å². The van der Waals surface area contributed by atoms with Crippen LogP contribution in [0.4, 0.5) is 0 Å². The molecule has 8 nitrogen and oxygen atoms in total. The van der Waals surface area contributed by atoms with Crippen LogP contribution < -0.4 is 4.74 Å². The van der Waals surface area contributed by atoms with Gasteiger partial charge in [0.15, 0.2) is 22.8 Å². The fraction of sp³-hybridized carbons (Fsp3) is 0.519. The topological polar surface area (TPSA) is 102 Å². The molecule has 0 radical (unpaired) electrons. The summed E-state index contributed by atoms with van der Waals surface area (Å²) in [6.07, 6.45) is 4.28. The quantitative estimate of drug-likeness (QED) is 0.489. The standard InChI is InChI=1S/C27H31NO7/c1-15(14-33-21(30)13-28(4)5)9-10-26-24(32)16-11-17-23(31)22-18(29)7-6-8-19(22)34-27(17,26)20(12-16)25(2,3)35-26/h6-9,11,16,20,29H,10,12-14H2,1-5H3/b15-9-/t16-,20+,26+,27-/m1/s1. The highest BCUT2D eigenvalue weighted by molar-refractivity contribution is 6.18. The van der Waals surface area contributed by atoms with E-state index in [1.54, 1.807) is 37.2 Å². The van der Waals surface area contributed by atoms with E-state index < -0.39 is 22.7 Å². The third-order valence-electron chi connectivity index (χ3n) is 7.75. The van der Waals surface area contributed by atoms with Crippen molar-refractivity contribution in [2.24, 2.45) is 11.8 Å². The van der Waals surface area contributed by atoms with Crippen molar-refractivity contribution in [3.63, 3.8) is 0 Å². The number of benzene rings is 1. The van der Waals surface area contributed by atoms with Crippen molar-refractivity contribution in [2.45, 2.75) is 50.4 Å². The zero-order chi connectivity index (χ0) is 25.3. The number of hydrogen-bond donors (Lipinski definition) is 1. The molecular formula is C27H31NO7. The largest absolute Gasteiger partial charge is 0.507 e. The smallest absolute Gasteiger partial charge is 0.320 e. The van der Waals surface area contributed by atoms with E-state index in [9.17, 15) is 19.5 Å². The molecule has 4 bridgehead atoms. The van der Waals surface area contributed by atoms with Crippen molar-refractivity contribution in [3.8, 4) is 11.5 Å². The first-order valence-electron chi connectivity index (χ1n) is 11.9. The molecule has 6 rings (SSSR count). The van der Waals surface area contributed by atoms with Gasteiger partial charge in [0, 0.05) is 23.8 Å². The Balaban J connectivity index is 1.55. The number of carbonyl (C=O) groups is 3. The van der Waals surface area contributed by atoms with Crippen LogP contribution in [0.25, 0.3) is 0 Å². The van der Waals surface area contributed by atoms with Crippen molar-refractivity contribution in [1.29, 1.82) is 0 Å². The number of rotatable bonds is 6. The number of likely N-dealkylation sites (N-methyl/N-ethyl adjacent to an activating group) is 1. The Hall–Kier alpha value is -2.97. The summed E-state index contributed by atoms with van der Waals surface area (Å²) in [6.45, 7) is 5.98. The summed E-state index contributed by atoms with van der Waals surface area (Å²) < 4.78 is 18.6. The number of carbonyl (C=O) groups excluding carboxylic acids is 3. The van der Waals surface area contributed by atoms with Crippen LogP contribution >= 0.6 is 0 Å². The van der Waals surface area contributed by atoms with Gasteiger partial charge in [0.05, 0.1) is 12.1 Å². The molecular weight excluding hydrogens is 450 g/mol. The van der Waals surface area contributed by atoms with E-state index in [0.29, 0.717) is 12.0 Å². The van der Waals surface area contributed by atoms with Crippen LogP contribution in [0.3, 0.4) is 0 Å². The molecule has 1 N–H and O–H groups in total. The van der Waals surface area contributed by atoms with E-state index in [0.717, 1.165) is 5.57 Å². The molecule has 0 unspecified atom stereocenters. The monoisotopic (exact) mass is 481 g/mol. The van der Waals surface area contributed by atoms with Gasteiger partial charge in [-0.3, -0.25) is 19.3 Å². The highest BCUT2D eigenvalue weighted by Crippen LogP contribution is 2.67. The lowest BCUT2D eigenvalue weighted by Crippen LogP contribution is -2.72. The Morgan fingerprint density at radius 2 is 2.03 bits per heavy atom. The lowest BCUT2D eigenvalue weighted by Gasteiger charge is -2.56. The van der Waals surface area contributed by atoms with Crippen LogP contribution in [0.15, 0.2) is 41.5 Å². The van der Waals surface area contributed by atoms with Crippen LogP contribution in [-0.2, 0) is 19.1 Å². The number of aromatic hydroxyl groups is 1. The first kappa shape index (κ1) is 23.8. The van der Waals surface area contributed by atoms with Crippen LogP contribution in [0.5, 0.6) is 11.5 Å². The van der Waals surface area contributed by atoms with Gasteiger partial charge in [0.2, 0.25) is 0 Å². The van der Waals surface area contributed by atoms with Gasteiger partial charge in [0.1, 0.15) is 23.7 Å². The average molecular weight is 482 g/mol. The Morgan fingerprint density at radius 3 is 2.74 bits per heavy atom. The third-order valence-corrected chi connectivity index (χ3v) is 7.75. The number of fused-ring (bicyclic) bond motifs is 1. The summed E-state index contributed by atoms with van der Waals surface area (Å²) in [4.78, 5) is 41.2. The summed E-state index contributed by atoms with van der Waals surface area (Å²) >= 11 is 0.